The van der Waals surface area contributed by atoms with Gasteiger partial charge in [-0.05, 0) is 43.5 Å². The first-order chi connectivity index (χ1) is 26.5. The van der Waals surface area contributed by atoms with Crippen LogP contribution in [0.5, 0.6) is 5.75 Å². The van der Waals surface area contributed by atoms with Crippen molar-refractivity contribution in [3.63, 3.8) is 0 Å². The Bertz CT molecular complexity index is 1520. The molecule has 2 aromatic heterocycles. The van der Waals surface area contributed by atoms with E-state index in [9.17, 15) is 14.5 Å². The van der Waals surface area contributed by atoms with Crippen LogP contribution in [0.15, 0.2) is 36.7 Å². The normalized spacial score (nSPS) is 16.4. The lowest BCUT2D eigenvalue weighted by atomic mass is 10.0. The Morgan fingerprint density at radius 1 is 0.944 bits per heavy atom. The number of hydrogen-bond acceptors (Lipinski definition) is 11. The summed E-state index contributed by atoms with van der Waals surface area (Å²) in [5, 5.41) is 20.0. The van der Waals surface area contributed by atoms with Crippen LogP contribution in [0, 0.1) is 34.9 Å². The third-order valence-corrected chi connectivity index (χ3v) is 10.2. The molecule has 3 aromatic rings. The molecule has 298 valence electrons. The molecule has 14 heteroatoms. The van der Waals surface area contributed by atoms with Crippen LogP contribution in [-0.2, 0) is 18.5 Å². The van der Waals surface area contributed by atoms with E-state index < -0.39 is 14.4 Å². The van der Waals surface area contributed by atoms with Crippen molar-refractivity contribution in [1.82, 2.24) is 14.6 Å². The van der Waals surface area contributed by atoms with E-state index in [0.29, 0.717) is 19.0 Å². The molecule has 1 saturated heterocycles. The molecule has 4 rings (SSSR count). The number of nitrogens with two attached hydrogens (primary N) is 1. The average molecular weight is 771 g/mol. The van der Waals surface area contributed by atoms with Gasteiger partial charge in [-0.2, -0.15) is 10.4 Å². The maximum atomic E-state index is 14.0. The maximum Gasteiger partial charge on any atom is 0.329 e. The van der Waals surface area contributed by atoms with Crippen molar-refractivity contribution in [2.45, 2.75) is 128 Å². The molecule has 0 radical (unpaired) electrons. The molecule has 1 aliphatic rings. The molecule has 12 nitrogen and oxygen atoms in total. The predicted octanol–water partition coefficient (Wildman–Crippen LogP) is 9.52. The van der Waals surface area contributed by atoms with E-state index in [1.807, 2.05) is 18.2 Å². The molecule has 4 unspecified atom stereocenters. The Labute approximate surface area is 322 Å². The van der Waals surface area contributed by atoms with E-state index in [1.165, 1.54) is 102 Å². The summed E-state index contributed by atoms with van der Waals surface area (Å²) in [6.45, 7) is 7.18. The van der Waals surface area contributed by atoms with Gasteiger partial charge >= 0.3 is 8.60 Å². The van der Waals surface area contributed by atoms with Crippen LogP contribution in [0.25, 0.3) is 5.52 Å². The van der Waals surface area contributed by atoms with Gasteiger partial charge in [-0.15, -0.1) is 0 Å². The smallest absolute Gasteiger partial charge is 0.329 e. The number of anilines is 1. The van der Waals surface area contributed by atoms with Crippen LogP contribution in [0.2, 0.25) is 0 Å². The molecular formula is C40H60FN6O6P. The van der Waals surface area contributed by atoms with Gasteiger partial charge in [0.05, 0.1) is 49.9 Å². The molecule has 0 bridgehead atoms. The van der Waals surface area contributed by atoms with Crippen LogP contribution in [0.4, 0.5) is 10.2 Å². The van der Waals surface area contributed by atoms with E-state index in [1.54, 1.807) is 4.52 Å². The predicted molar refractivity (Wildman–Crippen MR) is 208 cm³/mol. The molecule has 3 N–H and O–H groups in total. The largest absolute Gasteiger partial charge is 0.493 e. The number of benzene rings is 1. The monoisotopic (exact) mass is 770 g/mol. The molecule has 0 amide bonds. The zero-order valence-corrected chi connectivity index (χ0v) is 32.9. The van der Waals surface area contributed by atoms with Crippen molar-refractivity contribution in [3.05, 3.63) is 53.7 Å². The quantitative estimate of drug-likeness (QED) is 0.0532. The third kappa shape index (κ3) is 16.9. The first kappa shape index (κ1) is 45.0. The van der Waals surface area contributed by atoms with Crippen molar-refractivity contribution in [3.8, 4) is 18.4 Å². The summed E-state index contributed by atoms with van der Waals surface area (Å²) in [6.07, 6.45) is 22.1. The Hall–Kier alpha value is -3.42. The number of rotatable bonds is 28. The zero-order chi connectivity index (χ0) is 38.8. The van der Waals surface area contributed by atoms with Gasteiger partial charge in [0.2, 0.25) is 0 Å². The number of nitrogen functional groups attached to an aromatic ring is 1. The Balaban J connectivity index is 0.00000385. The van der Waals surface area contributed by atoms with Crippen molar-refractivity contribution in [2.75, 3.05) is 38.8 Å². The van der Waals surface area contributed by atoms with Crippen LogP contribution in [0.3, 0.4) is 0 Å². The fourth-order valence-electron chi connectivity index (χ4n) is 6.51. The minimum atomic E-state index is -2.18. The van der Waals surface area contributed by atoms with Gasteiger partial charge in [0.25, 0.3) is 0 Å². The summed E-state index contributed by atoms with van der Waals surface area (Å²) in [5.74, 6) is -0.138. The van der Waals surface area contributed by atoms with E-state index in [2.05, 4.69) is 23.6 Å². The summed E-state index contributed by atoms with van der Waals surface area (Å²) >= 11 is 0. The fourth-order valence-corrected chi connectivity index (χ4v) is 7.22. The number of unbranched alkanes of at least 4 members (excludes halogenated alkanes) is 14. The van der Waals surface area contributed by atoms with Gasteiger partial charge in [0.15, 0.2) is 5.82 Å². The summed E-state index contributed by atoms with van der Waals surface area (Å²) in [6, 6.07) is 9.65. The Kier molecular flexibility index (Phi) is 22.7. The molecular weight excluding hydrogens is 710 g/mol. The first-order valence-corrected chi connectivity index (χ1v) is 20.7. The fraction of sp³-hybridized carbons (Fsp3) is 0.650. The SMILES string of the molecule is C#N.CCCCCCCCCCCCCCCCCOCC(COc1cc(F)cc(C#N)c1)COP(O)OCC1CCC(c2ccc3c(N)ncnn23)O1. The molecule has 1 aromatic carbocycles. The zero-order valence-electron chi connectivity index (χ0n) is 32.0. The van der Waals surface area contributed by atoms with Crippen molar-refractivity contribution >= 4 is 19.9 Å². The van der Waals surface area contributed by atoms with Crippen LogP contribution in [-0.4, -0.2) is 58.6 Å². The van der Waals surface area contributed by atoms with Crippen LogP contribution in [0.1, 0.15) is 133 Å². The number of hydrogen-bond donors (Lipinski definition) is 2. The molecule has 54 heavy (non-hydrogen) atoms. The maximum absolute atomic E-state index is 14.0. The van der Waals surface area contributed by atoms with Crippen molar-refractivity contribution in [2.24, 2.45) is 5.92 Å². The molecule has 1 aliphatic heterocycles. The Morgan fingerprint density at radius 3 is 2.28 bits per heavy atom. The van der Waals surface area contributed by atoms with Gasteiger partial charge in [-0.1, -0.05) is 96.8 Å². The van der Waals surface area contributed by atoms with Gasteiger partial charge in [0, 0.05) is 25.2 Å². The standard InChI is InChI=1S/C39H59FN5O6P.CHN/c1-2-3-4-5-6-7-8-9-10-11-12-13-14-15-16-21-47-26-32(27-48-35-23-31(25-41)22-33(40)24-35)28-49-52(46)50-29-34-17-20-38(51-34)36-18-19-37-39(42)43-30-44-45(36)37;1-2/h18-19,22-24,30,32,34,38,46H,2-17,20-21,26-29H2,1H3,(H2,42,43,44);1H. The molecule has 3 heterocycles. The van der Waals surface area contributed by atoms with Crippen LogP contribution >= 0.6 is 8.60 Å². The number of nitrogens with zero attached hydrogens (tertiary/aromatic N) is 5. The summed E-state index contributed by atoms with van der Waals surface area (Å²) < 4.78 is 45.1. The highest BCUT2D eigenvalue weighted by molar-refractivity contribution is 7.40. The first-order valence-electron chi connectivity index (χ1n) is 19.6. The molecule has 0 spiro atoms. The highest BCUT2D eigenvalue weighted by Gasteiger charge is 2.30. The summed E-state index contributed by atoms with van der Waals surface area (Å²) in [7, 11) is -2.18. The molecule has 4 atom stereocenters. The number of fused-ring (bicyclic) bond motifs is 1. The molecule has 0 aliphatic carbocycles. The minimum absolute atomic E-state index is 0.118. The lowest BCUT2D eigenvalue weighted by Gasteiger charge is -2.20. The van der Waals surface area contributed by atoms with Crippen molar-refractivity contribution in [1.29, 1.82) is 10.5 Å². The van der Waals surface area contributed by atoms with Crippen LogP contribution < -0.4 is 10.5 Å². The highest BCUT2D eigenvalue weighted by atomic mass is 31.2. The van der Waals surface area contributed by atoms with Gasteiger partial charge in [-0.3, -0.25) is 0 Å². The van der Waals surface area contributed by atoms with E-state index >= 15 is 0 Å². The molecule has 0 saturated carbocycles. The summed E-state index contributed by atoms with van der Waals surface area (Å²) in [4.78, 5) is 14.6. The average Bonchev–Trinajstić information content (AvgIpc) is 3.84. The second kappa shape index (κ2) is 27.2. The Morgan fingerprint density at radius 2 is 1.61 bits per heavy atom. The highest BCUT2D eigenvalue weighted by Crippen LogP contribution is 2.38. The minimum Gasteiger partial charge on any atom is -0.493 e. The van der Waals surface area contributed by atoms with Crippen molar-refractivity contribution < 1.29 is 32.5 Å². The molecule has 1 fully saturated rings. The van der Waals surface area contributed by atoms with Gasteiger partial charge < -0.3 is 33.9 Å². The number of halogens is 1. The topological polar surface area (TPSA) is 170 Å². The lowest BCUT2D eigenvalue weighted by Crippen LogP contribution is -2.23. The second-order valence-corrected chi connectivity index (χ2v) is 14.8. The van der Waals surface area contributed by atoms with E-state index in [0.717, 1.165) is 43.0 Å². The van der Waals surface area contributed by atoms with Gasteiger partial charge in [-0.25, -0.2) is 19.2 Å². The number of nitriles is 2. The van der Waals surface area contributed by atoms with Gasteiger partial charge in [0.1, 0.15) is 29.5 Å². The second-order valence-electron chi connectivity index (χ2n) is 13.8. The number of ether oxygens (including phenoxy) is 3. The van der Waals surface area contributed by atoms with E-state index in [4.69, 9.17) is 34.3 Å². The van der Waals surface area contributed by atoms with E-state index in [-0.39, 0.29) is 49.3 Å². The third-order valence-electron chi connectivity index (χ3n) is 9.47. The summed E-state index contributed by atoms with van der Waals surface area (Å²) in [5.41, 5.74) is 7.77. The lowest BCUT2D eigenvalue weighted by molar-refractivity contribution is 0.00717. The number of aromatic nitrogens is 3.